The average molecular weight is 860 g/mol. The highest BCUT2D eigenvalue weighted by atomic mass is 31.2. The molecule has 6 aromatic carbocycles. The molecule has 2 N–H and O–H groups in total. The minimum atomic E-state index is -4.78. The lowest BCUT2D eigenvalue weighted by Gasteiger charge is -2.38. The van der Waals surface area contributed by atoms with Crippen molar-refractivity contribution in [1.82, 2.24) is 10.2 Å². The maximum absolute atomic E-state index is 15.0. The van der Waals surface area contributed by atoms with Gasteiger partial charge < -0.3 is 18.9 Å². The molecule has 6 aromatic rings. The summed E-state index contributed by atoms with van der Waals surface area (Å²) in [6, 6.07) is 41.1. The lowest BCUT2D eigenvalue weighted by Crippen LogP contribution is -2.39. The normalized spacial score (nSPS) is 20.0. The van der Waals surface area contributed by atoms with Crippen LogP contribution in [0.2, 0.25) is 0 Å². The molecule has 61 heavy (non-hydrogen) atoms. The van der Waals surface area contributed by atoms with E-state index < -0.39 is 55.5 Å². The standard InChI is InChI=1S/C46H42F6N4O4P/c1-57-29-59-39-25-23-35(45(47,48)49)27-37(39)55-43(33-19-11-5-12-20-33)41(31-15-7-3-8-16-31)53-61(55)54-42(32-17-9-4-10-18-32)44(34-21-13-6-14-22-34)56(61)38-28-36(46(50,51)52)24-26-40(38)60-30-58-2/h3-28,41-44,53-54H,29-30H2,1-2H3/q+1/t41-,42-,43-,44-,61?/m1/s1. The van der Waals surface area contributed by atoms with Crippen molar-refractivity contribution in [1.29, 1.82) is 0 Å². The molecule has 0 aromatic heterocycles. The highest BCUT2D eigenvalue weighted by molar-refractivity contribution is 7.75. The van der Waals surface area contributed by atoms with Crippen molar-refractivity contribution in [2.75, 3.05) is 37.1 Å². The van der Waals surface area contributed by atoms with Gasteiger partial charge in [-0.25, -0.2) is 0 Å². The van der Waals surface area contributed by atoms with Gasteiger partial charge in [0.15, 0.2) is 13.6 Å². The van der Waals surface area contributed by atoms with Gasteiger partial charge in [0, 0.05) is 14.2 Å². The Balaban J connectivity index is 1.53. The Kier molecular flexibility index (Phi) is 12.0. The van der Waals surface area contributed by atoms with Crippen LogP contribution in [0.1, 0.15) is 57.5 Å². The van der Waals surface area contributed by atoms with Crippen LogP contribution in [0.4, 0.5) is 37.7 Å². The van der Waals surface area contributed by atoms with E-state index in [1.807, 2.05) is 131 Å². The minimum absolute atomic E-state index is 0.0318. The second kappa shape index (κ2) is 17.4. The molecule has 15 heteroatoms. The fourth-order valence-corrected chi connectivity index (χ4v) is 12.5. The number of nitrogens with zero attached hydrogens (tertiary/aromatic N) is 2. The lowest BCUT2D eigenvalue weighted by molar-refractivity contribution is -0.138. The fourth-order valence-electron chi connectivity index (χ4n) is 8.21. The van der Waals surface area contributed by atoms with E-state index >= 15 is 0 Å². The number of hydrogen-bond acceptors (Lipinski definition) is 8. The first-order chi connectivity index (χ1) is 29.4. The van der Waals surface area contributed by atoms with Crippen molar-refractivity contribution in [2.45, 2.75) is 36.5 Å². The van der Waals surface area contributed by atoms with Crippen LogP contribution >= 0.6 is 7.87 Å². The first kappa shape index (κ1) is 42.1. The molecular formula is C46H42F6N4O4P+. The predicted octanol–water partition coefficient (Wildman–Crippen LogP) is 11.9. The van der Waals surface area contributed by atoms with Gasteiger partial charge in [-0.05, 0) is 58.7 Å². The SMILES string of the molecule is COCOc1ccc(C(F)(F)F)cc1N1[C@H](c2ccccc2)[C@@H](c2ccccc2)N[P+]12N[C@H](c1ccccc1)[C@@H](c1ccccc1)N2c1cc(C(F)(F)F)ccc1OCOC. The molecule has 8 rings (SSSR count). The van der Waals surface area contributed by atoms with E-state index in [1.54, 1.807) is 0 Å². The van der Waals surface area contributed by atoms with Gasteiger partial charge in [-0.15, -0.1) is 10.2 Å². The summed E-state index contributed by atoms with van der Waals surface area (Å²) in [6.07, 6.45) is -9.56. The number of rotatable bonds is 12. The molecule has 0 unspecified atom stereocenters. The molecule has 2 fully saturated rings. The summed E-state index contributed by atoms with van der Waals surface area (Å²) in [7, 11) is -1.02. The maximum Gasteiger partial charge on any atom is 0.416 e. The quantitative estimate of drug-likeness (QED) is 0.0717. The zero-order valence-corrected chi connectivity index (χ0v) is 33.9. The van der Waals surface area contributed by atoms with E-state index in [-0.39, 0.29) is 36.5 Å². The van der Waals surface area contributed by atoms with Crippen molar-refractivity contribution < 1.29 is 45.3 Å². The number of nitrogens with one attached hydrogen (secondary N) is 2. The molecule has 1 spiro atoms. The molecule has 2 aliphatic rings. The molecule has 2 heterocycles. The van der Waals surface area contributed by atoms with E-state index in [1.165, 1.54) is 26.4 Å². The Morgan fingerprint density at radius 2 is 0.803 bits per heavy atom. The van der Waals surface area contributed by atoms with Crippen molar-refractivity contribution in [2.24, 2.45) is 0 Å². The van der Waals surface area contributed by atoms with Gasteiger partial charge in [-0.1, -0.05) is 121 Å². The van der Waals surface area contributed by atoms with E-state index in [9.17, 15) is 26.3 Å². The molecular weight excluding hydrogens is 817 g/mol. The van der Waals surface area contributed by atoms with Crippen molar-refractivity contribution in [3.63, 3.8) is 0 Å². The van der Waals surface area contributed by atoms with Crippen LogP contribution in [-0.2, 0) is 21.8 Å². The van der Waals surface area contributed by atoms with Crippen molar-refractivity contribution >= 4 is 19.2 Å². The topological polar surface area (TPSA) is 67.5 Å². The van der Waals surface area contributed by atoms with Crippen LogP contribution in [-0.4, -0.2) is 27.8 Å². The highest BCUT2D eigenvalue weighted by Gasteiger charge is 2.72. The summed E-state index contributed by atoms with van der Waals surface area (Å²) in [5, 5.41) is 7.85. The molecule has 0 saturated carbocycles. The predicted molar refractivity (Wildman–Crippen MR) is 223 cm³/mol. The first-order valence-corrected chi connectivity index (χ1v) is 21.0. The summed E-state index contributed by atoms with van der Waals surface area (Å²) < 4.78 is 116. The number of halogens is 6. The van der Waals surface area contributed by atoms with Gasteiger partial charge in [0.25, 0.3) is 0 Å². The number of anilines is 2. The number of hydrogen-bond donors (Lipinski definition) is 2. The average Bonchev–Trinajstić information content (AvgIpc) is 3.80. The lowest BCUT2D eigenvalue weighted by atomic mass is 9.93. The third-order valence-electron chi connectivity index (χ3n) is 10.8. The fraction of sp³-hybridized carbons (Fsp3) is 0.217. The van der Waals surface area contributed by atoms with Gasteiger partial charge >= 0.3 is 20.2 Å². The maximum atomic E-state index is 15.0. The monoisotopic (exact) mass is 859 g/mol. The third-order valence-corrected chi connectivity index (χ3v) is 14.2. The molecule has 0 radical (unpaired) electrons. The first-order valence-electron chi connectivity index (χ1n) is 19.3. The summed E-state index contributed by atoms with van der Waals surface area (Å²) in [4.78, 5) is 0. The van der Waals surface area contributed by atoms with Crippen LogP contribution in [0.25, 0.3) is 0 Å². The zero-order valence-electron chi connectivity index (χ0n) is 33.0. The van der Waals surface area contributed by atoms with Gasteiger partial charge in [0.2, 0.25) is 0 Å². The second-order valence-corrected chi connectivity index (χ2v) is 17.1. The Morgan fingerprint density at radius 3 is 1.11 bits per heavy atom. The Labute approximate surface area is 350 Å². The number of methoxy groups -OCH3 is 2. The summed E-state index contributed by atoms with van der Waals surface area (Å²) in [6.45, 7) is -0.607. The van der Waals surface area contributed by atoms with E-state index in [2.05, 4.69) is 10.2 Å². The Bertz CT molecular complexity index is 2230. The van der Waals surface area contributed by atoms with Crippen molar-refractivity contribution in [3.05, 3.63) is 191 Å². The number of ether oxygens (including phenoxy) is 4. The van der Waals surface area contributed by atoms with Crippen LogP contribution in [0.3, 0.4) is 0 Å². The zero-order chi connectivity index (χ0) is 42.8. The molecule has 2 aliphatic heterocycles. The smallest absolute Gasteiger partial charge is 0.416 e. The molecule has 0 bridgehead atoms. The summed E-state index contributed by atoms with van der Waals surface area (Å²) in [5.74, 6) is 0.124. The van der Waals surface area contributed by atoms with Gasteiger partial charge in [-0.3, -0.25) is 0 Å². The summed E-state index contributed by atoms with van der Waals surface area (Å²) in [5.41, 5.74) is 1.17. The van der Waals surface area contributed by atoms with Crippen LogP contribution in [0.15, 0.2) is 158 Å². The summed E-state index contributed by atoms with van der Waals surface area (Å²) >= 11 is 0. The van der Waals surface area contributed by atoms with Crippen molar-refractivity contribution in [3.8, 4) is 11.5 Å². The number of alkyl halides is 6. The molecule has 316 valence electrons. The van der Waals surface area contributed by atoms with Crippen LogP contribution in [0.5, 0.6) is 11.5 Å². The largest absolute Gasteiger partial charge is 0.465 e. The van der Waals surface area contributed by atoms with E-state index in [4.69, 9.17) is 18.9 Å². The van der Waals surface area contributed by atoms with Gasteiger partial charge in [0.05, 0.1) is 11.1 Å². The second-order valence-electron chi connectivity index (χ2n) is 14.5. The minimum Gasteiger partial charge on any atom is -0.465 e. The van der Waals surface area contributed by atoms with E-state index in [0.717, 1.165) is 46.5 Å². The molecule has 0 amide bonds. The molecule has 8 nitrogen and oxygen atoms in total. The van der Waals surface area contributed by atoms with Crippen LogP contribution in [0, 0.1) is 0 Å². The van der Waals surface area contributed by atoms with Crippen LogP contribution < -0.4 is 29.0 Å². The number of benzene rings is 6. The molecule has 4 atom stereocenters. The Morgan fingerprint density at radius 1 is 0.475 bits per heavy atom. The highest BCUT2D eigenvalue weighted by Crippen LogP contribution is 2.79. The molecule has 2 saturated heterocycles. The van der Waals surface area contributed by atoms with Gasteiger partial charge in [0.1, 0.15) is 47.0 Å². The van der Waals surface area contributed by atoms with Gasteiger partial charge in [-0.2, -0.15) is 35.7 Å². The Hall–Kier alpha value is -5.63. The molecule has 0 aliphatic carbocycles. The third kappa shape index (κ3) is 8.26. The van der Waals surface area contributed by atoms with E-state index in [0.29, 0.717) is 0 Å².